The van der Waals surface area contributed by atoms with Crippen LogP contribution >= 0.6 is 11.8 Å². The summed E-state index contributed by atoms with van der Waals surface area (Å²) in [5.74, 6) is -0.571. The Morgan fingerprint density at radius 2 is 1.64 bits per heavy atom. The third-order valence-electron chi connectivity index (χ3n) is 3.14. The number of anilines is 1. The number of benzene rings is 2. The van der Waals surface area contributed by atoms with E-state index in [1.807, 2.05) is 38.1 Å². The molecular formula is C17H18N2O2S. The summed E-state index contributed by atoms with van der Waals surface area (Å²) in [6, 6.07) is 14.6. The zero-order valence-corrected chi connectivity index (χ0v) is 13.3. The van der Waals surface area contributed by atoms with Crippen LogP contribution in [0.5, 0.6) is 0 Å². The Kier molecular flexibility index (Phi) is 5.22. The van der Waals surface area contributed by atoms with Crippen molar-refractivity contribution in [1.29, 1.82) is 0 Å². The number of hydrogen-bond acceptors (Lipinski definition) is 3. The molecule has 0 aliphatic rings. The summed E-state index contributed by atoms with van der Waals surface area (Å²) in [5, 5.41) is 2.60. The number of carbonyl (C=O) groups excluding carboxylic acids is 2. The maximum Gasteiger partial charge on any atom is 0.248 e. The smallest absolute Gasteiger partial charge is 0.248 e. The normalized spacial score (nSPS) is 11.7. The average Bonchev–Trinajstić information content (AvgIpc) is 2.50. The lowest BCUT2D eigenvalue weighted by atomic mass is 10.2. The topological polar surface area (TPSA) is 72.2 Å². The third-order valence-corrected chi connectivity index (χ3v) is 4.25. The first-order valence-electron chi connectivity index (χ1n) is 6.90. The maximum absolute atomic E-state index is 12.2. The number of rotatable bonds is 5. The van der Waals surface area contributed by atoms with Crippen LogP contribution in [0.1, 0.15) is 22.8 Å². The number of primary amides is 1. The van der Waals surface area contributed by atoms with Crippen LogP contribution in [0.15, 0.2) is 53.4 Å². The van der Waals surface area contributed by atoms with Crippen molar-refractivity contribution in [2.24, 2.45) is 5.73 Å². The molecule has 2 amide bonds. The second kappa shape index (κ2) is 7.13. The number of nitrogens with one attached hydrogen (secondary N) is 1. The van der Waals surface area contributed by atoms with E-state index >= 15 is 0 Å². The first-order valence-corrected chi connectivity index (χ1v) is 7.78. The van der Waals surface area contributed by atoms with Crippen LogP contribution in [-0.4, -0.2) is 17.1 Å². The van der Waals surface area contributed by atoms with Crippen molar-refractivity contribution in [2.45, 2.75) is 24.0 Å². The van der Waals surface area contributed by atoms with Gasteiger partial charge in [-0.3, -0.25) is 9.59 Å². The molecule has 2 rings (SSSR count). The van der Waals surface area contributed by atoms with E-state index in [4.69, 9.17) is 5.73 Å². The maximum atomic E-state index is 12.2. The van der Waals surface area contributed by atoms with Crippen molar-refractivity contribution in [2.75, 3.05) is 5.32 Å². The van der Waals surface area contributed by atoms with Gasteiger partial charge in [-0.1, -0.05) is 17.7 Å². The van der Waals surface area contributed by atoms with Crippen LogP contribution in [0.2, 0.25) is 0 Å². The van der Waals surface area contributed by atoms with E-state index in [-0.39, 0.29) is 11.2 Å². The number of thioether (sulfide) groups is 1. The molecule has 0 aliphatic heterocycles. The van der Waals surface area contributed by atoms with E-state index in [9.17, 15) is 9.59 Å². The van der Waals surface area contributed by atoms with Crippen LogP contribution in [0.25, 0.3) is 0 Å². The van der Waals surface area contributed by atoms with Gasteiger partial charge in [-0.2, -0.15) is 0 Å². The lowest BCUT2D eigenvalue weighted by molar-refractivity contribution is -0.115. The van der Waals surface area contributed by atoms with Gasteiger partial charge >= 0.3 is 0 Å². The van der Waals surface area contributed by atoms with Gasteiger partial charge in [0, 0.05) is 16.1 Å². The number of nitrogens with two attached hydrogens (primary N) is 1. The first kappa shape index (κ1) is 16.1. The van der Waals surface area contributed by atoms with Crippen LogP contribution in [0.3, 0.4) is 0 Å². The number of hydrogen-bond donors (Lipinski definition) is 2. The molecule has 0 spiro atoms. The molecule has 4 nitrogen and oxygen atoms in total. The van der Waals surface area contributed by atoms with Crippen LogP contribution < -0.4 is 11.1 Å². The van der Waals surface area contributed by atoms with Crippen molar-refractivity contribution >= 4 is 29.3 Å². The highest BCUT2D eigenvalue weighted by Gasteiger charge is 2.14. The molecule has 114 valence electrons. The molecule has 0 aliphatic carbocycles. The summed E-state index contributed by atoms with van der Waals surface area (Å²) >= 11 is 1.50. The van der Waals surface area contributed by atoms with Crippen molar-refractivity contribution in [3.63, 3.8) is 0 Å². The Bertz CT molecular complexity index is 666. The Labute approximate surface area is 134 Å². The highest BCUT2D eigenvalue weighted by molar-refractivity contribution is 8.00. The van der Waals surface area contributed by atoms with Gasteiger partial charge in [0.2, 0.25) is 11.8 Å². The molecule has 0 saturated carbocycles. The molecule has 5 heteroatoms. The predicted molar refractivity (Wildman–Crippen MR) is 90.1 cm³/mol. The van der Waals surface area contributed by atoms with Crippen molar-refractivity contribution < 1.29 is 9.59 Å². The number of amides is 2. The van der Waals surface area contributed by atoms with E-state index in [0.29, 0.717) is 11.3 Å². The average molecular weight is 314 g/mol. The fraction of sp³-hybridized carbons (Fsp3) is 0.176. The van der Waals surface area contributed by atoms with E-state index in [1.54, 1.807) is 24.3 Å². The molecule has 3 N–H and O–H groups in total. The lowest BCUT2D eigenvalue weighted by Gasteiger charge is -2.12. The van der Waals surface area contributed by atoms with Crippen molar-refractivity contribution in [3.05, 3.63) is 59.7 Å². The summed E-state index contributed by atoms with van der Waals surface area (Å²) in [7, 11) is 0. The lowest BCUT2D eigenvalue weighted by Crippen LogP contribution is -2.22. The molecule has 2 aromatic rings. The summed E-state index contributed by atoms with van der Waals surface area (Å²) in [6.07, 6.45) is 0. The zero-order chi connectivity index (χ0) is 16.1. The standard InChI is InChI=1S/C17H18N2O2S/c1-11-3-9-15(10-4-11)22-12(2)17(21)19-14-7-5-13(6-8-14)16(18)20/h3-10,12H,1-2H3,(H2,18,20)(H,19,21). The molecule has 0 fully saturated rings. The van der Waals surface area contributed by atoms with E-state index < -0.39 is 5.91 Å². The monoisotopic (exact) mass is 314 g/mol. The molecule has 22 heavy (non-hydrogen) atoms. The molecule has 1 atom stereocenters. The second-order valence-corrected chi connectivity index (χ2v) is 6.42. The van der Waals surface area contributed by atoms with E-state index in [1.165, 1.54) is 17.3 Å². The van der Waals surface area contributed by atoms with Gasteiger partial charge in [0.1, 0.15) is 0 Å². The fourth-order valence-corrected chi connectivity index (χ4v) is 2.70. The SMILES string of the molecule is Cc1ccc(SC(C)C(=O)Nc2ccc(C(N)=O)cc2)cc1. The number of carbonyl (C=O) groups is 2. The van der Waals surface area contributed by atoms with Gasteiger partial charge in [-0.25, -0.2) is 0 Å². The van der Waals surface area contributed by atoms with Crippen LogP contribution in [-0.2, 0) is 4.79 Å². The highest BCUT2D eigenvalue weighted by atomic mass is 32.2. The molecule has 0 bridgehead atoms. The predicted octanol–water partition coefficient (Wildman–Crippen LogP) is 3.21. The summed E-state index contributed by atoms with van der Waals surface area (Å²) in [6.45, 7) is 3.89. The molecule has 2 aromatic carbocycles. The molecular weight excluding hydrogens is 296 g/mol. The Balaban J connectivity index is 1.95. The molecule has 0 heterocycles. The van der Waals surface area contributed by atoms with Crippen LogP contribution in [0.4, 0.5) is 5.69 Å². The minimum atomic E-state index is -0.485. The van der Waals surface area contributed by atoms with Crippen molar-refractivity contribution in [3.8, 4) is 0 Å². The quantitative estimate of drug-likeness (QED) is 0.832. The van der Waals surface area contributed by atoms with Gasteiger partial charge in [0.15, 0.2) is 0 Å². The van der Waals surface area contributed by atoms with E-state index in [2.05, 4.69) is 5.32 Å². The Morgan fingerprint density at radius 3 is 2.18 bits per heavy atom. The molecule has 1 unspecified atom stereocenters. The molecule has 0 saturated heterocycles. The van der Waals surface area contributed by atoms with Gasteiger partial charge in [-0.05, 0) is 50.2 Å². The third kappa shape index (κ3) is 4.36. The summed E-state index contributed by atoms with van der Waals surface area (Å²) in [5.41, 5.74) is 7.43. The zero-order valence-electron chi connectivity index (χ0n) is 12.5. The molecule has 0 radical (unpaired) electrons. The largest absolute Gasteiger partial charge is 0.366 e. The van der Waals surface area contributed by atoms with Gasteiger partial charge < -0.3 is 11.1 Å². The van der Waals surface area contributed by atoms with Crippen LogP contribution in [0, 0.1) is 6.92 Å². The number of aryl methyl sites for hydroxylation is 1. The minimum Gasteiger partial charge on any atom is -0.366 e. The fourth-order valence-electron chi connectivity index (χ4n) is 1.84. The van der Waals surface area contributed by atoms with Gasteiger partial charge in [-0.15, -0.1) is 11.8 Å². The highest BCUT2D eigenvalue weighted by Crippen LogP contribution is 2.24. The Morgan fingerprint density at radius 1 is 1.05 bits per heavy atom. The second-order valence-electron chi connectivity index (χ2n) is 5.00. The summed E-state index contributed by atoms with van der Waals surface area (Å²) < 4.78 is 0. The molecule has 0 aromatic heterocycles. The Hall–Kier alpha value is -2.27. The van der Waals surface area contributed by atoms with Gasteiger partial charge in [0.25, 0.3) is 0 Å². The van der Waals surface area contributed by atoms with Crippen molar-refractivity contribution in [1.82, 2.24) is 0 Å². The van der Waals surface area contributed by atoms with Gasteiger partial charge in [0.05, 0.1) is 5.25 Å². The minimum absolute atomic E-state index is 0.0857. The summed E-state index contributed by atoms with van der Waals surface area (Å²) in [4.78, 5) is 24.2. The van der Waals surface area contributed by atoms with E-state index in [0.717, 1.165) is 4.90 Å². The first-order chi connectivity index (χ1) is 10.5.